The van der Waals surface area contributed by atoms with Gasteiger partial charge in [-0.25, -0.2) is 0 Å². The highest BCUT2D eigenvalue weighted by atomic mass is 16.5. The highest BCUT2D eigenvalue weighted by molar-refractivity contribution is 5.93. The Morgan fingerprint density at radius 2 is 1.88 bits per heavy atom. The summed E-state index contributed by atoms with van der Waals surface area (Å²) in [6.07, 6.45) is 1.81. The Bertz CT molecular complexity index is 696. The summed E-state index contributed by atoms with van der Waals surface area (Å²) in [6, 6.07) is 14.8. The molecular formula is C20H24N2O3. The van der Waals surface area contributed by atoms with Crippen LogP contribution in [0.15, 0.2) is 61.2 Å². The van der Waals surface area contributed by atoms with Crippen LogP contribution in [0.5, 0.6) is 11.5 Å². The van der Waals surface area contributed by atoms with Gasteiger partial charge in [-0.05, 0) is 50.2 Å². The van der Waals surface area contributed by atoms with Gasteiger partial charge in [0.2, 0.25) is 5.91 Å². The van der Waals surface area contributed by atoms with E-state index < -0.39 is 0 Å². The SMILES string of the molecule is C=CCOc1cccc(NC(=O)CNc2ccc(OC(C)C)cc2)c1. The van der Waals surface area contributed by atoms with Gasteiger partial charge in [0.1, 0.15) is 18.1 Å². The maximum atomic E-state index is 12.1. The summed E-state index contributed by atoms with van der Waals surface area (Å²) in [5, 5.41) is 5.92. The van der Waals surface area contributed by atoms with Crippen molar-refractivity contribution >= 4 is 17.3 Å². The molecule has 0 aliphatic heterocycles. The van der Waals surface area contributed by atoms with Crippen LogP contribution in [0.4, 0.5) is 11.4 Å². The second kappa shape index (κ2) is 9.37. The second-order valence-electron chi connectivity index (χ2n) is 5.72. The quantitative estimate of drug-likeness (QED) is 0.675. The predicted octanol–water partition coefficient (Wildman–Crippen LogP) is 4.09. The average molecular weight is 340 g/mol. The number of benzene rings is 2. The normalized spacial score (nSPS) is 10.2. The van der Waals surface area contributed by atoms with Crippen LogP contribution in [-0.2, 0) is 4.79 Å². The number of amides is 1. The lowest BCUT2D eigenvalue weighted by molar-refractivity contribution is -0.114. The predicted molar refractivity (Wildman–Crippen MR) is 101 cm³/mol. The Hall–Kier alpha value is -2.95. The lowest BCUT2D eigenvalue weighted by Crippen LogP contribution is -2.21. The van der Waals surface area contributed by atoms with E-state index in [4.69, 9.17) is 9.47 Å². The van der Waals surface area contributed by atoms with E-state index in [1.807, 2.05) is 56.3 Å². The van der Waals surface area contributed by atoms with Crippen LogP contribution < -0.4 is 20.1 Å². The standard InChI is InChI=1S/C20H24N2O3/c1-4-12-24-19-7-5-6-17(13-19)22-20(23)14-21-16-8-10-18(11-9-16)25-15(2)3/h4-11,13,15,21H,1,12,14H2,2-3H3,(H,22,23). The van der Waals surface area contributed by atoms with Crippen molar-refractivity contribution in [3.8, 4) is 11.5 Å². The van der Waals surface area contributed by atoms with Crippen molar-refractivity contribution in [1.29, 1.82) is 0 Å². The monoisotopic (exact) mass is 340 g/mol. The summed E-state index contributed by atoms with van der Waals surface area (Å²) in [5.41, 5.74) is 1.54. The van der Waals surface area contributed by atoms with Gasteiger partial charge >= 0.3 is 0 Å². The molecule has 0 aliphatic carbocycles. The molecule has 132 valence electrons. The number of ether oxygens (including phenoxy) is 2. The minimum Gasteiger partial charge on any atom is -0.491 e. The molecule has 0 radical (unpaired) electrons. The molecule has 5 nitrogen and oxygen atoms in total. The van der Waals surface area contributed by atoms with Gasteiger partial charge in [0.05, 0.1) is 12.6 Å². The molecule has 2 aromatic rings. The minimum absolute atomic E-state index is 0.135. The van der Waals surface area contributed by atoms with E-state index in [1.54, 1.807) is 12.1 Å². The molecule has 0 saturated heterocycles. The third kappa shape index (κ3) is 6.59. The van der Waals surface area contributed by atoms with Gasteiger partial charge in [0.25, 0.3) is 0 Å². The Morgan fingerprint density at radius 3 is 2.56 bits per heavy atom. The van der Waals surface area contributed by atoms with Crippen molar-refractivity contribution in [2.45, 2.75) is 20.0 Å². The van der Waals surface area contributed by atoms with Crippen LogP contribution in [0.2, 0.25) is 0 Å². The molecule has 25 heavy (non-hydrogen) atoms. The first kappa shape index (κ1) is 18.4. The zero-order valence-electron chi connectivity index (χ0n) is 14.6. The summed E-state index contributed by atoms with van der Waals surface area (Å²) >= 11 is 0. The van der Waals surface area contributed by atoms with Gasteiger partial charge in [0, 0.05) is 17.4 Å². The number of carbonyl (C=O) groups is 1. The summed E-state index contributed by atoms with van der Waals surface area (Å²) < 4.78 is 11.0. The van der Waals surface area contributed by atoms with E-state index in [2.05, 4.69) is 17.2 Å². The van der Waals surface area contributed by atoms with Gasteiger partial charge in [-0.1, -0.05) is 18.7 Å². The molecule has 5 heteroatoms. The molecule has 0 spiro atoms. The number of anilines is 2. The van der Waals surface area contributed by atoms with E-state index in [0.717, 1.165) is 11.4 Å². The van der Waals surface area contributed by atoms with Gasteiger partial charge in [-0.2, -0.15) is 0 Å². The van der Waals surface area contributed by atoms with Gasteiger partial charge in [-0.3, -0.25) is 4.79 Å². The van der Waals surface area contributed by atoms with Crippen molar-refractivity contribution < 1.29 is 14.3 Å². The zero-order chi connectivity index (χ0) is 18.1. The highest BCUT2D eigenvalue weighted by Crippen LogP contribution is 2.18. The molecule has 1 amide bonds. The van der Waals surface area contributed by atoms with E-state index in [9.17, 15) is 4.79 Å². The smallest absolute Gasteiger partial charge is 0.243 e. The average Bonchev–Trinajstić information content (AvgIpc) is 2.59. The van der Waals surface area contributed by atoms with E-state index in [1.165, 1.54) is 0 Å². The van der Waals surface area contributed by atoms with E-state index in [-0.39, 0.29) is 18.6 Å². The van der Waals surface area contributed by atoms with Crippen LogP contribution in [0.3, 0.4) is 0 Å². The third-order valence-electron chi connectivity index (χ3n) is 3.16. The van der Waals surface area contributed by atoms with Crippen LogP contribution >= 0.6 is 0 Å². The minimum atomic E-state index is -0.136. The second-order valence-corrected chi connectivity index (χ2v) is 5.72. The molecule has 2 N–H and O–H groups in total. The molecule has 0 aromatic heterocycles. The Morgan fingerprint density at radius 1 is 1.12 bits per heavy atom. The lowest BCUT2D eigenvalue weighted by atomic mass is 10.3. The van der Waals surface area contributed by atoms with Crippen molar-refractivity contribution in [3.05, 3.63) is 61.2 Å². The number of hydrogen-bond donors (Lipinski definition) is 2. The number of carbonyl (C=O) groups excluding carboxylic acids is 1. The van der Waals surface area contributed by atoms with E-state index in [0.29, 0.717) is 18.0 Å². The van der Waals surface area contributed by atoms with Crippen molar-refractivity contribution in [2.75, 3.05) is 23.8 Å². The maximum Gasteiger partial charge on any atom is 0.243 e. The van der Waals surface area contributed by atoms with Crippen LogP contribution in [-0.4, -0.2) is 25.2 Å². The fourth-order valence-corrected chi connectivity index (χ4v) is 2.13. The lowest BCUT2D eigenvalue weighted by Gasteiger charge is -2.11. The third-order valence-corrected chi connectivity index (χ3v) is 3.16. The van der Waals surface area contributed by atoms with Gasteiger partial charge < -0.3 is 20.1 Å². The molecule has 0 aliphatic rings. The first-order valence-corrected chi connectivity index (χ1v) is 8.21. The highest BCUT2D eigenvalue weighted by Gasteiger charge is 2.04. The fourth-order valence-electron chi connectivity index (χ4n) is 2.13. The molecule has 0 bridgehead atoms. The number of nitrogens with one attached hydrogen (secondary N) is 2. The molecular weight excluding hydrogens is 316 g/mol. The Balaban J connectivity index is 1.83. The van der Waals surface area contributed by atoms with Gasteiger partial charge in [0.15, 0.2) is 0 Å². The molecule has 0 saturated carbocycles. The zero-order valence-corrected chi connectivity index (χ0v) is 14.6. The molecule has 0 atom stereocenters. The van der Waals surface area contributed by atoms with Crippen molar-refractivity contribution in [3.63, 3.8) is 0 Å². The van der Waals surface area contributed by atoms with E-state index >= 15 is 0 Å². The van der Waals surface area contributed by atoms with Crippen molar-refractivity contribution in [1.82, 2.24) is 0 Å². The molecule has 2 rings (SSSR count). The summed E-state index contributed by atoms with van der Waals surface area (Å²) in [5.74, 6) is 1.36. The topological polar surface area (TPSA) is 59.6 Å². The summed E-state index contributed by atoms with van der Waals surface area (Å²) in [4.78, 5) is 12.1. The number of rotatable bonds is 9. The van der Waals surface area contributed by atoms with Crippen LogP contribution in [0.1, 0.15) is 13.8 Å². The van der Waals surface area contributed by atoms with Crippen molar-refractivity contribution in [2.24, 2.45) is 0 Å². The molecule has 0 heterocycles. The summed E-state index contributed by atoms with van der Waals surface area (Å²) in [7, 11) is 0. The Labute approximate surface area is 148 Å². The largest absolute Gasteiger partial charge is 0.491 e. The molecule has 2 aromatic carbocycles. The van der Waals surface area contributed by atoms with Crippen LogP contribution in [0, 0.1) is 0 Å². The maximum absolute atomic E-state index is 12.1. The molecule has 0 fully saturated rings. The van der Waals surface area contributed by atoms with Gasteiger partial charge in [-0.15, -0.1) is 0 Å². The Kier molecular flexibility index (Phi) is 6.89. The molecule has 0 unspecified atom stereocenters. The fraction of sp³-hybridized carbons (Fsp3) is 0.250. The number of hydrogen-bond acceptors (Lipinski definition) is 4. The van der Waals surface area contributed by atoms with Crippen LogP contribution in [0.25, 0.3) is 0 Å². The first-order valence-electron chi connectivity index (χ1n) is 8.21. The first-order chi connectivity index (χ1) is 12.1. The summed E-state index contributed by atoms with van der Waals surface area (Å²) in [6.45, 7) is 8.16.